The van der Waals surface area contributed by atoms with E-state index < -0.39 is 10.0 Å². The minimum absolute atomic E-state index is 0.0843. The Balaban J connectivity index is 1.59. The summed E-state index contributed by atoms with van der Waals surface area (Å²) < 4.78 is 24.6. The Hall–Kier alpha value is -1.56. The van der Waals surface area contributed by atoms with Crippen molar-refractivity contribution >= 4 is 27.3 Å². The molecule has 2 aliphatic carbocycles. The predicted molar refractivity (Wildman–Crippen MR) is 77.9 cm³/mol. The van der Waals surface area contributed by atoms with E-state index in [0.717, 1.165) is 30.9 Å². The molecule has 0 aliphatic heterocycles. The predicted octanol–water partition coefficient (Wildman–Crippen LogP) is 2.04. The molecule has 0 radical (unpaired) electrons. The summed E-state index contributed by atoms with van der Waals surface area (Å²) in [5.41, 5.74) is 1.20. The third kappa shape index (κ3) is 3.12. The molecule has 20 heavy (non-hydrogen) atoms. The number of hydrogen-bond acceptors (Lipinski definition) is 3. The second-order valence-electron chi connectivity index (χ2n) is 5.87. The van der Waals surface area contributed by atoms with Gasteiger partial charge in [-0.25, -0.2) is 8.42 Å². The molecule has 0 heterocycles. The van der Waals surface area contributed by atoms with E-state index in [1.165, 1.54) is 6.42 Å². The van der Waals surface area contributed by atoms with Gasteiger partial charge in [0.1, 0.15) is 0 Å². The first-order chi connectivity index (χ1) is 9.40. The number of carbonyl (C=O) groups excluding carboxylic acids is 1. The summed E-state index contributed by atoms with van der Waals surface area (Å²) in [6, 6.07) is 6.70. The summed E-state index contributed by atoms with van der Waals surface area (Å²) in [7, 11) is -3.26. The van der Waals surface area contributed by atoms with Crippen molar-refractivity contribution in [3.8, 4) is 0 Å². The number of amides is 1. The van der Waals surface area contributed by atoms with Gasteiger partial charge in [0, 0.05) is 17.3 Å². The van der Waals surface area contributed by atoms with Gasteiger partial charge in [-0.3, -0.25) is 9.52 Å². The lowest BCUT2D eigenvalue weighted by molar-refractivity contribution is -0.120. The Kier molecular flexibility index (Phi) is 3.20. The van der Waals surface area contributed by atoms with Crippen LogP contribution in [0.4, 0.5) is 11.4 Å². The molecule has 2 fully saturated rings. The van der Waals surface area contributed by atoms with Crippen molar-refractivity contribution in [2.24, 2.45) is 17.8 Å². The Labute approximate surface area is 118 Å². The number of rotatable bonds is 4. The first kappa shape index (κ1) is 13.4. The quantitative estimate of drug-likeness (QED) is 0.892. The maximum atomic E-state index is 12.1. The molecule has 2 unspecified atom stereocenters. The van der Waals surface area contributed by atoms with E-state index in [9.17, 15) is 13.2 Å². The van der Waals surface area contributed by atoms with Gasteiger partial charge in [-0.05, 0) is 55.4 Å². The summed E-state index contributed by atoms with van der Waals surface area (Å²) in [6.45, 7) is 0. The highest BCUT2D eigenvalue weighted by molar-refractivity contribution is 7.92. The van der Waals surface area contributed by atoms with E-state index in [1.54, 1.807) is 24.3 Å². The molecule has 108 valence electrons. The van der Waals surface area contributed by atoms with Crippen molar-refractivity contribution in [2.45, 2.75) is 19.3 Å². The largest absolute Gasteiger partial charge is 0.326 e. The average Bonchev–Trinajstić information content (AvgIpc) is 2.97. The SMILES string of the molecule is CS(=O)(=O)Nc1ccc(NC(=O)C2CC3CC3C2)cc1. The van der Waals surface area contributed by atoms with Crippen molar-refractivity contribution in [3.05, 3.63) is 24.3 Å². The van der Waals surface area contributed by atoms with Crippen LogP contribution in [0.1, 0.15) is 19.3 Å². The molecule has 0 aromatic heterocycles. The van der Waals surface area contributed by atoms with E-state index >= 15 is 0 Å². The van der Waals surface area contributed by atoms with Crippen molar-refractivity contribution < 1.29 is 13.2 Å². The van der Waals surface area contributed by atoms with Gasteiger partial charge in [0.2, 0.25) is 15.9 Å². The summed E-state index contributed by atoms with van der Waals surface area (Å²) in [5.74, 6) is 1.80. The van der Waals surface area contributed by atoms with Crippen molar-refractivity contribution in [1.82, 2.24) is 0 Å². The highest BCUT2D eigenvalue weighted by Crippen LogP contribution is 2.54. The molecule has 2 aliphatic rings. The second-order valence-corrected chi connectivity index (χ2v) is 7.61. The fourth-order valence-electron chi connectivity index (χ4n) is 3.01. The standard InChI is InChI=1S/C14H18N2O3S/c1-20(18,19)16-13-4-2-12(3-5-13)15-14(17)11-7-9-6-10(9)8-11/h2-5,9-11,16H,6-8H2,1H3,(H,15,17). The van der Waals surface area contributed by atoms with Crippen LogP contribution in [0.15, 0.2) is 24.3 Å². The maximum Gasteiger partial charge on any atom is 0.229 e. The molecule has 1 amide bonds. The number of carbonyl (C=O) groups is 1. The lowest BCUT2D eigenvalue weighted by atomic mass is 10.0. The van der Waals surface area contributed by atoms with Gasteiger partial charge in [-0.15, -0.1) is 0 Å². The van der Waals surface area contributed by atoms with Crippen LogP contribution >= 0.6 is 0 Å². The number of anilines is 2. The summed E-state index contributed by atoms with van der Waals surface area (Å²) >= 11 is 0. The summed E-state index contributed by atoms with van der Waals surface area (Å²) in [4.78, 5) is 12.1. The molecule has 6 heteroatoms. The zero-order chi connectivity index (χ0) is 14.3. The van der Waals surface area contributed by atoms with E-state index in [2.05, 4.69) is 10.0 Å². The number of hydrogen-bond donors (Lipinski definition) is 2. The molecular formula is C14H18N2O3S. The van der Waals surface area contributed by atoms with Gasteiger partial charge >= 0.3 is 0 Å². The summed E-state index contributed by atoms with van der Waals surface area (Å²) in [6.07, 6.45) is 4.44. The van der Waals surface area contributed by atoms with Gasteiger partial charge in [0.05, 0.1) is 6.26 Å². The van der Waals surface area contributed by atoms with Gasteiger partial charge in [0.25, 0.3) is 0 Å². The van der Waals surface area contributed by atoms with E-state index in [-0.39, 0.29) is 11.8 Å². The van der Waals surface area contributed by atoms with Crippen molar-refractivity contribution in [1.29, 1.82) is 0 Å². The lowest BCUT2D eigenvalue weighted by Gasteiger charge is -2.12. The molecule has 2 atom stereocenters. The molecule has 1 aromatic rings. The highest BCUT2D eigenvalue weighted by Gasteiger charge is 2.47. The first-order valence-electron chi connectivity index (χ1n) is 6.79. The van der Waals surface area contributed by atoms with Gasteiger partial charge < -0.3 is 5.32 Å². The van der Waals surface area contributed by atoms with Crippen LogP contribution < -0.4 is 10.0 Å². The van der Waals surface area contributed by atoms with Crippen molar-refractivity contribution in [3.63, 3.8) is 0 Å². The Morgan fingerprint density at radius 3 is 2.15 bits per heavy atom. The van der Waals surface area contributed by atoms with E-state index in [4.69, 9.17) is 0 Å². The molecule has 2 N–H and O–H groups in total. The fourth-order valence-corrected chi connectivity index (χ4v) is 3.57. The third-order valence-electron chi connectivity index (χ3n) is 4.07. The fraction of sp³-hybridized carbons (Fsp3) is 0.500. The zero-order valence-electron chi connectivity index (χ0n) is 11.3. The van der Waals surface area contributed by atoms with Crippen molar-refractivity contribution in [2.75, 3.05) is 16.3 Å². The monoisotopic (exact) mass is 294 g/mol. The van der Waals surface area contributed by atoms with Crippen LogP contribution in [-0.4, -0.2) is 20.6 Å². The zero-order valence-corrected chi connectivity index (χ0v) is 12.1. The number of benzene rings is 1. The van der Waals surface area contributed by atoms with Gasteiger partial charge in [-0.1, -0.05) is 0 Å². The number of nitrogens with one attached hydrogen (secondary N) is 2. The van der Waals surface area contributed by atoms with Crippen LogP contribution in [0.25, 0.3) is 0 Å². The van der Waals surface area contributed by atoms with Gasteiger partial charge in [-0.2, -0.15) is 0 Å². The molecule has 0 saturated heterocycles. The van der Waals surface area contributed by atoms with Crippen LogP contribution in [0.5, 0.6) is 0 Å². The molecule has 0 spiro atoms. The molecule has 5 nitrogen and oxygen atoms in total. The second kappa shape index (κ2) is 4.77. The normalized spacial score (nSPS) is 27.8. The summed E-state index contributed by atoms with van der Waals surface area (Å²) in [5, 5.41) is 2.90. The van der Waals surface area contributed by atoms with E-state index in [0.29, 0.717) is 11.4 Å². The average molecular weight is 294 g/mol. The topological polar surface area (TPSA) is 75.3 Å². The lowest BCUT2D eigenvalue weighted by Crippen LogP contribution is -2.21. The Morgan fingerprint density at radius 2 is 1.60 bits per heavy atom. The number of fused-ring (bicyclic) bond motifs is 1. The van der Waals surface area contributed by atoms with Crippen LogP contribution in [0.3, 0.4) is 0 Å². The minimum Gasteiger partial charge on any atom is -0.326 e. The Bertz CT molecular complexity index is 614. The van der Waals surface area contributed by atoms with Crippen LogP contribution in [-0.2, 0) is 14.8 Å². The smallest absolute Gasteiger partial charge is 0.229 e. The molecular weight excluding hydrogens is 276 g/mol. The van der Waals surface area contributed by atoms with Crippen LogP contribution in [0.2, 0.25) is 0 Å². The molecule has 0 bridgehead atoms. The Morgan fingerprint density at radius 1 is 1.05 bits per heavy atom. The number of sulfonamides is 1. The van der Waals surface area contributed by atoms with Gasteiger partial charge in [0.15, 0.2) is 0 Å². The highest BCUT2D eigenvalue weighted by atomic mass is 32.2. The minimum atomic E-state index is -3.26. The van der Waals surface area contributed by atoms with Crippen LogP contribution in [0, 0.1) is 17.8 Å². The third-order valence-corrected chi connectivity index (χ3v) is 4.68. The van der Waals surface area contributed by atoms with E-state index in [1.807, 2.05) is 0 Å². The maximum absolute atomic E-state index is 12.1. The molecule has 3 rings (SSSR count). The molecule has 2 saturated carbocycles. The first-order valence-corrected chi connectivity index (χ1v) is 8.68. The molecule has 1 aromatic carbocycles.